The monoisotopic (exact) mass is 157 g/mol. The van der Waals surface area contributed by atoms with Crippen LogP contribution in [0.1, 0.15) is 12.8 Å². The van der Waals surface area contributed by atoms with Crippen LogP contribution in [0.3, 0.4) is 0 Å². The van der Waals surface area contributed by atoms with Gasteiger partial charge in [0.15, 0.2) is 0 Å². The fraction of sp³-hybridized carbons (Fsp3) is 1.00. The molecule has 0 amide bonds. The number of rotatable bonds is 1. The van der Waals surface area contributed by atoms with Gasteiger partial charge in [-0.1, -0.05) is 0 Å². The van der Waals surface area contributed by atoms with Crippen molar-refractivity contribution in [2.75, 3.05) is 33.2 Å². The van der Waals surface area contributed by atoms with Gasteiger partial charge in [-0.3, -0.25) is 5.01 Å². The van der Waals surface area contributed by atoms with Crippen molar-refractivity contribution in [3.8, 4) is 0 Å². The highest BCUT2D eigenvalue weighted by Gasteiger charge is 2.08. The van der Waals surface area contributed by atoms with Crippen molar-refractivity contribution < 1.29 is 0 Å². The molecule has 0 bridgehead atoms. The van der Waals surface area contributed by atoms with Gasteiger partial charge in [0.05, 0.1) is 11.8 Å². The Morgan fingerprint density at radius 1 is 1.09 bits per heavy atom. The lowest BCUT2D eigenvalue weighted by Crippen LogP contribution is -2.34. The predicted molar refractivity (Wildman–Crippen MR) is 44.1 cm³/mol. The van der Waals surface area contributed by atoms with E-state index in [2.05, 4.69) is 17.2 Å². The minimum absolute atomic E-state index is 0.778. The summed E-state index contributed by atoms with van der Waals surface area (Å²) in [5.74, 6) is 0. The van der Waals surface area contributed by atoms with Crippen LogP contribution in [0.5, 0.6) is 0 Å². The third kappa shape index (κ3) is 2.84. The predicted octanol–water partition coefficient (Wildman–Crippen LogP) is 0.695. The molecule has 1 aliphatic rings. The van der Waals surface area contributed by atoms with Gasteiger partial charge in [-0.05, 0) is 26.4 Å². The first-order chi connectivity index (χ1) is 5.33. The fourth-order valence-electron chi connectivity index (χ4n) is 1.27. The van der Waals surface area contributed by atoms with E-state index in [0.717, 1.165) is 32.6 Å². The molecular weight excluding hydrogens is 142 g/mol. The minimum atomic E-state index is 0.778. The second-order valence-electron chi connectivity index (χ2n) is 3.05. The van der Waals surface area contributed by atoms with Crippen molar-refractivity contribution in [2.24, 2.45) is 5.29 Å². The van der Waals surface area contributed by atoms with E-state index in [1.54, 1.807) is 5.01 Å². The van der Waals surface area contributed by atoms with Crippen LogP contribution >= 0.6 is 0 Å². The van der Waals surface area contributed by atoms with E-state index < -0.39 is 0 Å². The van der Waals surface area contributed by atoms with E-state index in [1.807, 2.05) is 0 Å². The first-order valence-corrected chi connectivity index (χ1v) is 4.09. The van der Waals surface area contributed by atoms with Crippen molar-refractivity contribution in [3.05, 3.63) is 4.91 Å². The van der Waals surface area contributed by atoms with Crippen LogP contribution in [0.2, 0.25) is 0 Å². The van der Waals surface area contributed by atoms with Gasteiger partial charge in [-0.25, -0.2) is 0 Å². The third-order valence-corrected chi connectivity index (χ3v) is 2.06. The molecule has 0 aromatic carbocycles. The fourth-order valence-corrected chi connectivity index (χ4v) is 1.27. The Hall–Kier alpha value is -0.640. The maximum atomic E-state index is 10.2. The Morgan fingerprint density at radius 2 is 1.82 bits per heavy atom. The second-order valence-corrected chi connectivity index (χ2v) is 3.05. The molecule has 1 fully saturated rings. The molecule has 1 heterocycles. The zero-order valence-corrected chi connectivity index (χ0v) is 6.99. The summed E-state index contributed by atoms with van der Waals surface area (Å²) >= 11 is 0. The van der Waals surface area contributed by atoms with Crippen LogP contribution < -0.4 is 0 Å². The van der Waals surface area contributed by atoms with E-state index in [1.165, 1.54) is 6.42 Å². The normalized spacial score (nSPS) is 22.5. The molecule has 0 unspecified atom stereocenters. The molecule has 0 aliphatic carbocycles. The number of hydrogen-bond donors (Lipinski definition) is 0. The van der Waals surface area contributed by atoms with Crippen LogP contribution in [0.25, 0.3) is 0 Å². The van der Waals surface area contributed by atoms with Crippen molar-refractivity contribution in [2.45, 2.75) is 12.8 Å². The number of nitrogens with zero attached hydrogens (tertiary/aromatic N) is 3. The zero-order valence-electron chi connectivity index (χ0n) is 6.99. The van der Waals surface area contributed by atoms with Gasteiger partial charge in [0, 0.05) is 13.1 Å². The average Bonchev–Trinajstić information content (AvgIpc) is 1.98. The lowest BCUT2D eigenvalue weighted by Gasteiger charge is -2.24. The molecule has 0 radical (unpaired) electrons. The summed E-state index contributed by atoms with van der Waals surface area (Å²) < 4.78 is 0. The Balaban J connectivity index is 2.31. The smallest absolute Gasteiger partial charge is 0.0524 e. The molecule has 11 heavy (non-hydrogen) atoms. The van der Waals surface area contributed by atoms with Gasteiger partial charge < -0.3 is 4.90 Å². The molecule has 0 saturated carbocycles. The average molecular weight is 157 g/mol. The van der Waals surface area contributed by atoms with Crippen molar-refractivity contribution in [3.63, 3.8) is 0 Å². The molecule has 1 aliphatic heterocycles. The summed E-state index contributed by atoms with van der Waals surface area (Å²) in [5.41, 5.74) is 0. The molecule has 1 rings (SSSR count). The van der Waals surface area contributed by atoms with E-state index in [4.69, 9.17) is 0 Å². The van der Waals surface area contributed by atoms with E-state index >= 15 is 0 Å². The van der Waals surface area contributed by atoms with Gasteiger partial charge in [-0.15, -0.1) is 4.91 Å². The largest absolute Gasteiger partial charge is 0.305 e. The summed E-state index contributed by atoms with van der Waals surface area (Å²) in [6, 6.07) is 0. The van der Waals surface area contributed by atoms with Crippen molar-refractivity contribution in [1.82, 2.24) is 9.91 Å². The van der Waals surface area contributed by atoms with Crippen LogP contribution in [0, 0.1) is 4.91 Å². The summed E-state index contributed by atoms with van der Waals surface area (Å²) in [6.45, 7) is 3.70. The van der Waals surface area contributed by atoms with Crippen LogP contribution in [-0.2, 0) is 0 Å². The maximum absolute atomic E-state index is 10.2. The molecule has 0 atom stereocenters. The lowest BCUT2D eigenvalue weighted by atomic mass is 10.2. The second kappa shape index (κ2) is 4.28. The van der Waals surface area contributed by atoms with Crippen LogP contribution in [0.15, 0.2) is 5.29 Å². The summed E-state index contributed by atoms with van der Waals surface area (Å²) in [7, 11) is 2.08. The Morgan fingerprint density at radius 3 is 2.55 bits per heavy atom. The molecule has 0 N–H and O–H groups in total. The van der Waals surface area contributed by atoms with Crippen LogP contribution in [0.4, 0.5) is 0 Å². The molecule has 1 saturated heterocycles. The molecule has 0 aromatic heterocycles. The molecule has 4 nitrogen and oxygen atoms in total. The van der Waals surface area contributed by atoms with E-state index in [-0.39, 0.29) is 0 Å². The third-order valence-electron chi connectivity index (χ3n) is 2.06. The standard InChI is InChI=1S/C7H15N3O/c1-9-4-2-3-5-10(8-11)7-6-9/h2-7H2,1H3. The SMILES string of the molecule is CN1CCCCN(N=O)CC1. The zero-order chi connectivity index (χ0) is 8.10. The molecule has 0 spiro atoms. The van der Waals surface area contributed by atoms with Gasteiger partial charge in [-0.2, -0.15) is 0 Å². The maximum Gasteiger partial charge on any atom is 0.0524 e. The van der Waals surface area contributed by atoms with E-state index in [9.17, 15) is 4.91 Å². The Kier molecular flexibility index (Phi) is 3.29. The summed E-state index contributed by atoms with van der Waals surface area (Å²) in [5, 5.41) is 4.55. The highest BCUT2D eigenvalue weighted by Crippen LogP contribution is 2.02. The number of hydrogen-bond acceptors (Lipinski definition) is 3. The number of nitroso groups, excluding NO2 is 1. The van der Waals surface area contributed by atoms with Crippen LogP contribution in [-0.4, -0.2) is 43.1 Å². The lowest BCUT2D eigenvalue weighted by molar-refractivity contribution is 0.198. The highest BCUT2D eigenvalue weighted by molar-refractivity contribution is 4.62. The summed E-state index contributed by atoms with van der Waals surface area (Å²) in [4.78, 5) is 12.4. The first-order valence-electron chi connectivity index (χ1n) is 4.09. The summed E-state index contributed by atoms with van der Waals surface area (Å²) in [6.07, 6.45) is 2.25. The topological polar surface area (TPSA) is 35.9 Å². The highest BCUT2D eigenvalue weighted by atomic mass is 16.3. The molecule has 0 aromatic rings. The molecule has 64 valence electrons. The van der Waals surface area contributed by atoms with Gasteiger partial charge in [0.2, 0.25) is 0 Å². The van der Waals surface area contributed by atoms with E-state index in [0.29, 0.717) is 0 Å². The molecular formula is C7H15N3O. The van der Waals surface area contributed by atoms with Crippen molar-refractivity contribution >= 4 is 0 Å². The first kappa shape index (κ1) is 8.46. The van der Waals surface area contributed by atoms with Gasteiger partial charge in [0.1, 0.15) is 0 Å². The minimum Gasteiger partial charge on any atom is -0.305 e. The van der Waals surface area contributed by atoms with Gasteiger partial charge >= 0.3 is 0 Å². The molecule has 4 heteroatoms. The number of likely N-dealkylation sites (N-methyl/N-ethyl adjacent to an activating group) is 1. The Labute approximate surface area is 67.1 Å². The quantitative estimate of drug-likeness (QED) is 0.525. The van der Waals surface area contributed by atoms with Gasteiger partial charge in [0.25, 0.3) is 0 Å². The van der Waals surface area contributed by atoms with Crippen molar-refractivity contribution in [1.29, 1.82) is 0 Å². The Bertz CT molecular complexity index is 129.